The lowest BCUT2D eigenvalue weighted by atomic mass is 10.0. The number of carbonyl (C=O) groups excluding carboxylic acids is 1. The molecule has 5 nitrogen and oxygen atoms in total. The predicted molar refractivity (Wildman–Crippen MR) is 85.4 cm³/mol. The highest BCUT2D eigenvalue weighted by Gasteiger charge is 2.26. The Kier molecular flexibility index (Phi) is 4.53. The van der Waals surface area contributed by atoms with Crippen LogP contribution in [0.3, 0.4) is 0 Å². The Labute approximate surface area is 131 Å². The van der Waals surface area contributed by atoms with Gasteiger partial charge in [-0.1, -0.05) is 30.3 Å². The second-order valence-corrected chi connectivity index (χ2v) is 5.85. The van der Waals surface area contributed by atoms with Crippen LogP contribution in [0, 0.1) is 0 Å². The molecule has 0 radical (unpaired) electrons. The van der Waals surface area contributed by atoms with Gasteiger partial charge in [0.05, 0.1) is 0 Å². The maximum Gasteiger partial charge on any atom is 0.289 e. The molecule has 0 aliphatic carbocycles. The summed E-state index contributed by atoms with van der Waals surface area (Å²) >= 11 is 0. The molecule has 2 aromatic rings. The van der Waals surface area contributed by atoms with Crippen molar-refractivity contribution in [1.82, 2.24) is 19.8 Å². The van der Waals surface area contributed by atoms with Gasteiger partial charge < -0.3 is 9.88 Å². The number of carbonyl (C=O) groups is 1. The molecule has 22 heavy (non-hydrogen) atoms. The highest BCUT2D eigenvalue weighted by molar-refractivity contribution is 5.90. The van der Waals surface area contributed by atoms with E-state index >= 15 is 0 Å². The molecule has 1 aliphatic heterocycles. The lowest BCUT2D eigenvalue weighted by Gasteiger charge is -2.36. The molecule has 2 heterocycles. The van der Waals surface area contributed by atoms with Crippen molar-refractivity contribution in [3.63, 3.8) is 0 Å². The number of likely N-dealkylation sites (tertiary alicyclic amines) is 1. The van der Waals surface area contributed by atoms with Crippen LogP contribution < -0.4 is 0 Å². The zero-order valence-electron chi connectivity index (χ0n) is 12.9. The number of aromatic nitrogens is 2. The average Bonchev–Trinajstić information content (AvgIpc) is 3.10. The van der Waals surface area contributed by atoms with E-state index in [9.17, 15) is 4.79 Å². The maximum absolute atomic E-state index is 12.3. The number of aromatic amines is 1. The molecule has 0 saturated carbocycles. The smallest absolute Gasteiger partial charge is 0.289 e. The number of piperidine rings is 1. The van der Waals surface area contributed by atoms with Gasteiger partial charge in [-0.2, -0.15) is 0 Å². The van der Waals surface area contributed by atoms with Crippen LogP contribution >= 0.6 is 0 Å². The average molecular weight is 298 g/mol. The van der Waals surface area contributed by atoms with Crippen LogP contribution in [0.25, 0.3) is 0 Å². The second-order valence-electron chi connectivity index (χ2n) is 5.85. The second kappa shape index (κ2) is 6.75. The Morgan fingerprint density at radius 2 is 2.05 bits per heavy atom. The highest BCUT2D eigenvalue weighted by Crippen LogP contribution is 2.18. The summed E-state index contributed by atoms with van der Waals surface area (Å²) in [5.74, 6) is 0.403. The number of hydrogen-bond donors (Lipinski definition) is 1. The molecule has 3 rings (SSSR count). The number of hydrogen-bond acceptors (Lipinski definition) is 3. The highest BCUT2D eigenvalue weighted by atomic mass is 16.2. The molecule has 0 unspecified atom stereocenters. The largest absolute Gasteiger partial charge is 0.341 e. The van der Waals surface area contributed by atoms with Gasteiger partial charge >= 0.3 is 0 Å². The number of rotatable bonds is 4. The number of H-pyrrole nitrogens is 1. The van der Waals surface area contributed by atoms with E-state index in [0.29, 0.717) is 11.9 Å². The van der Waals surface area contributed by atoms with E-state index in [0.717, 1.165) is 32.5 Å². The Balaban J connectivity index is 1.52. The molecule has 1 aromatic heterocycles. The summed E-state index contributed by atoms with van der Waals surface area (Å²) < 4.78 is 0. The molecule has 0 spiro atoms. The minimum atomic E-state index is -0.0218. The quantitative estimate of drug-likeness (QED) is 0.941. The summed E-state index contributed by atoms with van der Waals surface area (Å²) in [4.78, 5) is 23.5. The van der Waals surface area contributed by atoms with Crippen molar-refractivity contribution in [2.75, 3.05) is 20.1 Å². The van der Waals surface area contributed by atoms with E-state index in [1.807, 2.05) is 18.0 Å². The van der Waals surface area contributed by atoms with Gasteiger partial charge in [0.15, 0.2) is 5.82 Å². The van der Waals surface area contributed by atoms with Crippen LogP contribution in [0.1, 0.15) is 29.0 Å². The first-order valence-corrected chi connectivity index (χ1v) is 7.77. The van der Waals surface area contributed by atoms with Gasteiger partial charge in [0.2, 0.25) is 0 Å². The number of nitrogens with zero attached hydrogens (tertiary/aromatic N) is 3. The van der Waals surface area contributed by atoms with Crippen LogP contribution in [0.15, 0.2) is 42.7 Å². The van der Waals surface area contributed by atoms with Crippen LogP contribution in [0.4, 0.5) is 0 Å². The van der Waals surface area contributed by atoms with E-state index in [2.05, 4.69) is 39.1 Å². The van der Waals surface area contributed by atoms with Crippen molar-refractivity contribution in [3.05, 3.63) is 54.1 Å². The summed E-state index contributed by atoms with van der Waals surface area (Å²) in [6.45, 7) is 3.04. The van der Waals surface area contributed by atoms with E-state index in [-0.39, 0.29) is 5.91 Å². The van der Waals surface area contributed by atoms with Gasteiger partial charge in [-0.3, -0.25) is 9.69 Å². The number of benzene rings is 1. The number of nitrogens with one attached hydrogen (secondary N) is 1. The lowest BCUT2D eigenvalue weighted by molar-refractivity contribution is 0.0625. The normalized spacial score (nSPS) is 16.6. The minimum absolute atomic E-state index is 0.0218. The first kappa shape index (κ1) is 14.8. The molecule has 0 atom stereocenters. The van der Waals surface area contributed by atoms with Crippen molar-refractivity contribution < 1.29 is 4.79 Å². The topological polar surface area (TPSA) is 52.2 Å². The lowest BCUT2D eigenvalue weighted by Crippen LogP contribution is -2.45. The molecule has 5 heteroatoms. The van der Waals surface area contributed by atoms with Gasteiger partial charge in [0.1, 0.15) is 0 Å². The summed E-state index contributed by atoms with van der Waals surface area (Å²) in [6.07, 6.45) is 5.32. The third-order valence-corrected chi connectivity index (χ3v) is 4.37. The van der Waals surface area contributed by atoms with Crippen molar-refractivity contribution in [1.29, 1.82) is 0 Å². The fourth-order valence-electron chi connectivity index (χ4n) is 3.02. The van der Waals surface area contributed by atoms with Crippen molar-refractivity contribution in [2.24, 2.45) is 0 Å². The molecule has 1 amide bonds. The first-order valence-electron chi connectivity index (χ1n) is 7.77. The Morgan fingerprint density at radius 1 is 1.32 bits per heavy atom. The van der Waals surface area contributed by atoms with E-state index < -0.39 is 0 Å². The monoisotopic (exact) mass is 298 g/mol. The zero-order chi connectivity index (χ0) is 15.4. The summed E-state index contributed by atoms with van der Waals surface area (Å²) in [6, 6.07) is 10.8. The van der Waals surface area contributed by atoms with E-state index in [1.165, 1.54) is 5.56 Å². The molecule has 1 N–H and O–H groups in total. The fourth-order valence-corrected chi connectivity index (χ4v) is 3.02. The van der Waals surface area contributed by atoms with Crippen LogP contribution in [-0.2, 0) is 6.54 Å². The molecule has 1 aromatic carbocycles. The van der Waals surface area contributed by atoms with Crippen molar-refractivity contribution in [2.45, 2.75) is 25.4 Å². The molecule has 116 valence electrons. The zero-order valence-corrected chi connectivity index (χ0v) is 12.9. The van der Waals surface area contributed by atoms with Crippen molar-refractivity contribution >= 4 is 5.91 Å². The van der Waals surface area contributed by atoms with Gasteiger partial charge in [-0.15, -0.1) is 0 Å². The van der Waals surface area contributed by atoms with Gasteiger partial charge in [0, 0.05) is 45.1 Å². The van der Waals surface area contributed by atoms with Gasteiger partial charge in [0.25, 0.3) is 5.91 Å². The van der Waals surface area contributed by atoms with Gasteiger partial charge in [-0.25, -0.2) is 4.98 Å². The first-order chi connectivity index (χ1) is 10.7. The standard InChI is InChI=1S/C17H22N4O/c1-20(17(22)16-18-9-10-19-16)15-7-11-21(12-8-15)13-14-5-3-2-4-6-14/h2-6,9-10,15H,7-8,11-13H2,1H3,(H,18,19). The minimum Gasteiger partial charge on any atom is -0.341 e. The summed E-state index contributed by atoms with van der Waals surface area (Å²) in [5, 5.41) is 0. The number of amides is 1. The summed E-state index contributed by atoms with van der Waals surface area (Å²) in [5.41, 5.74) is 1.35. The molecule has 0 bridgehead atoms. The van der Waals surface area contributed by atoms with Gasteiger partial charge in [-0.05, 0) is 18.4 Å². The van der Waals surface area contributed by atoms with Crippen LogP contribution in [-0.4, -0.2) is 51.9 Å². The SMILES string of the molecule is CN(C(=O)c1ncc[nH]1)C1CCN(Cc2ccccc2)CC1. The van der Waals surface area contributed by atoms with Crippen molar-refractivity contribution in [3.8, 4) is 0 Å². The maximum atomic E-state index is 12.3. The van der Waals surface area contributed by atoms with E-state index in [1.54, 1.807) is 12.4 Å². The third-order valence-electron chi connectivity index (χ3n) is 4.37. The fraction of sp³-hybridized carbons (Fsp3) is 0.412. The number of imidazole rings is 1. The molecular formula is C17H22N4O. The Morgan fingerprint density at radius 3 is 2.68 bits per heavy atom. The molecular weight excluding hydrogens is 276 g/mol. The van der Waals surface area contributed by atoms with E-state index in [4.69, 9.17) is 0 Å². The van der Waals surface area contributed by atoms with Crippen LogP contribution in [0.2, 0.25) is 0 Å². The Bertz CT molecular complexity index is 588. The molecule has 1 fully saturated rings. The molecule has 1 saturated heterocycles. The Hall–Kier alpha value is -2.14. The predicted octanol–water partition coefficient (Wildman–Crippen LogP) is 2.15. The molecule has 1 aliphatic rings. The summed E-state index contributed by atoms with van der Waals surface area (Å²) in [7, 11) is 1.88. The van der Waals surface area contributed by atoms with Crippen LogP contribution in [0.5, 0.6) is 0 Å². The third kappa shape index (κ3) is 3.36.